The summed E-state index contributed by atoms with van der Waals surface area (Å²) in [6, 6.07) is 4.48. The molecule has 2 aromatic rings. The Morgan fingerprint density at radius 2 is 1.45 bits per heavy atom. The maximum absolute atomic E-state index is 13.7. The van der Waals surface area contributed by atoms with Gasteiger partial charge >= 0.3 is 0 Å². The summed E-state index contributed by atoms with van der Waals surface area (Å²) in [6.45, 7) is 8.03. The lowest BCUT2D eigenvalue weighted by Gasteiger charge is -2.27. The number of fused-ring (bicyclic) bond motifs is 1. The minimum atomic E-state index is -1.10. The Kier molecular flexibility index (Phi) is 14.8. The van der Waals surface area contributed by atoms with Crippen molar-refractivity contribution in [1.29, 1.82) is 0 Å². The molecule has 13 nitrogen and oxygen atoms in total. The summed E-state index contributed by atoms with van der Waals surface area (Å²) in [4.78, 5) is 67.8. The van der Waals surface area contributed by atoms with Crippen LogP contribution in [0.25, 0.3) is 10.9 Å². The van der Waals surface area contributed by atoms with E-state index in [1.165, 1.54) is 0 Å². The normalized spacial score (nSPS) is 14.1. The van der Waals surface area contributed by atoms with E-state index >= 15 is 0 Å². The quantitative estimate of drug-likeness (QED) is 0.0658. The summed E-state index contributed by atoms with van der Waals surface area (Å²) < 4.78 is 0. The first-order valence-electron chi connectivity index (χ1n) is 15.2. The first-order valence-corrected chi connectivity index (χ1v) is 15.2. The fourth-order valence-corrected chi connectivity index (χ4v) is 5.17. The van der Waals surface area contributed by atoms with Crippen molar-refractivity contribution >= 4 is 40.4 Å². The van der Waals surface area contributed by atoms with Gasteiger partial charge in [0.25, 0.3) is 0 Å². The lowest BCUT2D eigenvalue weighted by Crippen LogP contribution is -2.57. The van der Waals surface area contributed by atoms with Crippen molar-refractivity contribution in [3.05, 3.63) is 36.0 Å². The predicted octanol–water partition coefficient (Wildman–Crippen LogP) is 1.38. The smallest absolute Gasteiger partial charge is 0.244 e. The van der Waals surface area contributed by atoms with Crippen LogP contribution >= 0.6 is 0 Å². The first-order chi connectivity index (χ1) is 20.9. The number of amides is 5. The van der Waals surface area contributed by atoms with E-state index in [2.05, 4.69) is 20.9 Å². The molecule has 0 saturated carbocycles. The van der Waals surface area contributed by atoms with Crippen LogP contribution in [0.5, 0.6) is 0 Å². The number of nitrogens with one attached hydrogen (secondary N) is 5. The molecule has 244 valence electrons. The van der Waals surface area contributed by atoms with Crippen molar-refractivity contribution in [2.75, 3.05) is 6.54 Å². The number of aromatic nitrogens is 1. The van der Waals surface area contributed by atoms with E-state index in [9.17, 15) is 24.0 Å². The highest BCUT2D eigenvalue weighted by Gasteiger charge is 2.32. The molecule has 0 aliphatic heterocycles. The van der Waals surface area contributed by atoms with Gasteiger partial charge in [-0.3, -0.25) is 29.2 Å². The number of H-pyrrole nitrogens is 1. The number of unbranched alkanes of at least 4 members (excludes halogenated alkanes) is 1. The minimum absolute atomic E-state index is 0.00183. The van der Waals surface area contributed by atoms with Gasteiger partial charge in [-0.05, 0) is 62.1 Å². The molecule has 1 heterocycles. The van der Waals surface area contributed by atoms with Crippen LogP contribution in [0.4, 0.5) is 0 Å². The summed E-state index contributed by atoms with van der Waals surface area (Å²) in [5, 5.41) is 18.1. The Hall–Kier alpha value is -3.97. The van der Waals surface area contributed by atoms with E-state index in [0.29, 0.717) is 32.2 Å². The molecule has 0 fully saturated rings. The van der Waals surface area contributed by atoms with Crippen LogP contribution in [-0.2, 0) is 30.4 Å². The number of hydrogen-bond donors (Lipinski definition) is 8. The lowest BCUT2D eigenvalue weighted by molar-refractivity contribution is -0.137. The molecule has 0 spiro atoms. The van der Waals surface area contributed by atoms with E-state index in [0.717, 1.165) is 16.5 Å². The zero-order valence-corrected chi connectivity index (χ0v) is 26.2. The summed E-state index contributed by atoms with van der Waals surface area (Å²) in [7, 11) is 0. The third kappa shape index (κ3) is 11.6. The van der Waals surface area contributed by atoms with Crippen LogP contribution in [0.3, 0.4) is 0 Å². The third-order valence-corrected chi connectivity index (χ3v) is 7.36. The van der Waals surface area contributed by atoms with Gasteiger partial charge in [-0.2, -0.15) is 0 Å². The summed E-state index contributed by atoms with van der Waals surface area (Å²) in [5.74, 6) is -3.79. The Labute approximate surface area is 258 Å². The van der Waals surface area contributed by atoms with E-state index < -0.39 is 53.6 Å². The van der Waals surface area contributed by atoms with Gasteiger partial charge in [0, 0.05) is 35.9 Å². The highest BCUT2D eigenvalue weighted by molar-refractivity contribution is 5.95. The molecular formula is C31H49N7O6. The van der Waals surface area contributed by atoms with Crippen LogP contribution in [0.1, 0.15) is 71.8 Å². The van der Waals surface area contributed by atoms with Gasteiger partial charge in [-0.15, -0.1) is 0 Å². The molecule has 44 heavy (non-hydrogen) atoms. The van der Waals surface area contributed by atoms with Crippen molar-refractivity contribution in [1.82, 2.24) is 26.4 Å². The first kappa shape index (κ1) is 36.2. The third-order valence-electron chi connectivity index (χ3n) is 7.36. The number of hydrogen-bond acceptors (Lipinski definition) is 7. The summed E-state index contributed by atoms with van der Waals surface area (Å²) in [6.07, 6.45) is 3.78. The topological polar surface area (TPSA) is 222 Å². The Bertz CT molecular complexity index is 1260. The number of carbonyl (C=O) groups is 5. The van der Waals surface area contributed by atoms with Crippen LogP contribution in [0.2, 0.25) is 0 Å². The molecule has 1 aromatic carbocycles. The average Bonchev–Trinajstić information content (AvgIpc) is 3.37. The Balaban J connectivity index is 2.34. The van der Waals surface area contributed by atoms with Gasteiger partial charge in [0.2, 0.25) is 29.5 Å². The molecule has 0 unspecified atom stereocenters. The molecule has 0 radical (unpaired) electrons. The maximum atomic E-state index is 13.7. The standard InChI is InChI=1S/C31H49N7O6/c1-18(2)13-20(16-27(39)38-44)29(41)36-25(14-19(3)4)30(42)37-26(15-21-17-34-23-10-6-5-9-22(21)23)31(43)35-24(28(33)40)11-7-8-12-32/h5-6,9-10,17-20,24-26,34,44H,7-8,11-16,32H2,1-4H3,(H2,33,40)(H,35,43)(H,36,41)(H,37,42)(H,38,39)/t20-,24+,25+,26+/m1/s1. The Morgan fingerprint density at radius 1 is 0.841 bits per heavy atom. The molecule has 0 aliphatic carbocycles. The van der Waals surface area contributed by atoms with Gasteiger partial charge in [0.1, 0.15) is 18.1 Å². The molecule has 4 atom stereocenters. The second-order valence-corrected chi connectivity index (χ2v) is 12.1. The fourth-order valence-electron chi connectivity index (χ4n) is 5.17. The van der Waals surface area contributed by atoms with Crippen molar-refractivity contribution < 1.29 is 29.2 Å². The predicted molar refractivity (Wildman–Crippen MR) is 167 cm³/mol. The van der Waals surface area contributed by atoms with Crippen LogP contribution in [0, 0.1) is 17.8 Å². The zero-order chi connectivity index (χ0) is 32.8. The largest absolute Gasteiger partial charge is 0.368 e. The fraction of sp³-hybridized carbons (Fsp3) is 0.581. The molecular weight excluding hydrogens is 566 g/mol. The van der Waals surface area contributed by atoms with Crippen molar-refractivity contribution in [2.45, 2.75) is 90.8 Å². The minimum Gasteiger partial charge on any atom is -0.368 e. The van der Waals surface area contributed by atoms with Gasteiger partial charge < -0.3 is 32.4 Å². The molecule has 0 aliphatic rings. The summed E-state index contributed by atoms with van der Waals surface area (Å²) in [5.41, 5.74) is 14.3. The van der Waals surface area contributed by atoms with E-state index in [-0.39, 0.29) is 31.1 Å². The molecule has 10 N–H and O–H groups in total. The van der Waals surface area contributed by atoms with E-state index in [4.69, 9.17) is 16.7 Å². The number of carbonyl (C=O) groups excluding carboxylic acids is 5. The van der Waals surface area contributed by atoms with Crippen molar-refractivity contribution in [2.24, 2.45) is 29.2 Å². The molecule has 0 saturated heterocycles. The van der Waals surface area contributed by atoms with Crippen LogP contribution < -0.4 is 32.9 Å². The molecule has 5 amide bonds. The molecule has 2 rings (SSSR count). The number of hydroxylamine groups is 1. The molecule has 13 heteroatoms. The highest BCUT2D eigenvalue weighted by atomic mass is 16.5. The second kappa shape index (κ2) is 18.0. The lowest BCUT2D eigenvalue weighted by atomic mass is 9.92. The van der Waals surface area contributed by atoms with Gasteiger partial charge in [0.15, 0.2) is 0 Å². The van der Waals surface area contributed by atoms with Crippen LogP contribution in [0.15, 0.2) is 30.5 Å². The monoisotopic (exact) mass is 615 g/mol. The maximum Gasteiger partial charge on any atom is 0.244 e. The zero-order valence-electron chi connectivity index (χ0n) is 26.2. The highest BCUT2D eigenvalue weighted by Crippen LogP contribution is 2.20. The number of primary amides is 1. The van der Waals surface area contributed by atoms with Crippen molar-refractivity contribution in [3.63, 3.8) is 0 Å². The molecule has 1 aromatic heterocycles. The van der Waals surface area contributed by atoms with Crippen LogP contribution in [-0.4, -0.2) is 64.4 Å². The van der Waals surface area contributed by atoms with E-state index in [1.807, 2.05) is 52.0 Å². The number of nitrogens with two attached hydrogens (primary N) is 2. The average molecular weight is 616 g/mol. The molecule has 0 bridgehead atoms. The number of para-hydroxylation sites is 1. The summed E-state index contributed by atoms with van der Waals surface area (Å²) >= 11 is 0. The van der Waals surface area contributed by atoms with Gasteiger partial charge in [-0.1, -0.05) is 45.9 Å². The second-order valence-electron chi connectivity index (χ2n) is 12.1. The number of rotatable bonds is 19. The SMILES string of the molecule is CC(C)C[C@H](CC(=O)NO)C(=O)N[C@@H](CC(C)C)C(=O)N[C@@H](Cc1c[nH]c2ccccc12)C(=O)N[C@@H](CCCCN)C(N)=O. The Morgan fingerprint density at radius 3 is 2.07 bits per heavy atom. The van der Waals surface area contributed by atoms with Gasteiger partial charge in [-0.25, -0.2) is 5.48 Å². The van der Waals surface area contributed by atoms with Crippen molar-refractivity contribution in [3.8, 4) is 0 Å². The van der Waals surface area contributed by atoms with E-state index in [1.54, 1.807) is 11.7 Å². The van der Waals surface area contributed by atoms with Gasteiger partial charge in [0.05, 0.1) is 0 Å². The number of benzene rings is 1. The number of aromatic amines is 1.